The molecule has 1 atom stereocenters. The molecule has 1 unspecified atom stereocenters. The summed E-state index contributed by atoms with van der Waals surface area (Å²) in [5.41, 5.74) is 2.03. The number of hydrogen-bond donors (Lipinski definition) is 1. The Kier molecular flexibility index (Phi) is 5.48. The summed E-state index contributed by atoms with van der Waals surface area (Å²) in [5, 5.41) is 3.30. The molecule has 1 N–H and O–H groups in total. The number of aryl methyl sites for hydroxylation is 1. The minimum atomic E-state index is -0.198. The Morgan fingerprint density at radius 3 is 2.48 bits per heavy atom. The van der Waals surface area contributed by atoms with Crippen LogP contribution in [0.3, 0.4) is 0 Å². The summed E-state index contributed by atoms with van der Waals surface area (Å²) in [5.74, 6) is 1.07. The Morgan fingerprint density at radius 1 is 1.24 bits per heavy atom. The van der Waals surface area contributed by atoms with Gasteiger partial charge in [-0.25, -0.2) is 0 Å². The van der Waals surface area contributed by atoms with E-state index in [2.05, 4.69) is 5.32 Å². The zero-order chi connectivity index (χ0) is 15.2. The van der Waals surface area contributed by atoms with Gasteiger partial charge in [0.2, 0.25) is 5.91 Å². The fourth-order valence-corrected chi connectivity index (χ4v) is 2.84. The van der Waals surface area contributed by atoms with Crippen molar-refractivity contribution in [2.45, 2.75) is 45.6 Å². The van der Waals surface area contributed by atoms with E-state index < -0.39 is 0 Å². The lowest BCUT2D eigenvalue weighted by molar-refractivity contribution is -0.131. The van der Waals surface area contributed by atoms with Crippen molar-refractivity contribution in [3.63, 3.8) is 0 Å². The molecule has 2 rings (SSSR count). The lowest BCUT2D eigenvalue weighted by Gasteiger charge is -2.25. The molecule has 1 aromatic rings. The van der Waals surface area contributed by atoms with E-state index in [0.29, 0.717) is 0 Å². The third-order valence-electron chi connectivity index (χ3n) is 4.07. The van der Waals surface area contributed by atoms with Crippen LogP contribution in [0.15, 0.2) is 18.2 Å². The molecular weight excluding hydrogens is 264 g/mol. The van der Waals surface area contributed by atoms with E-state index in [1.54, 1.807) is 7.11 Å². The van der Waals surface area contributed by atoms with E-state index in [0.717, 1.165) is 42.9 Å². The molecule has 0 radical (unpaired) electrons. The normalized spacial score (nSPS) is 17.0. The summed E-state index contributed by atoms with van der Waals surface area (Å²) in [6, 6.07) is 5.71. The molecule has 116 valence electrons. The predicted octanol–water partition coefficient (Wildman–Crippen LogP) is 3.21. The third-order valence-corrected chi connectivity index (χ3v) is 4.07. The van der Waals surface area contributed by atoms with E-state index in [4.69, 9.17) is 4.74 Å². The first-order valence-corrected chi connectivity index (χ1v) is 7.82. The van der Waals surface area contributed by atoms with Crippen molar-refractivity contribution in [3.8, 4) is 5.75 Å². The average molecular weight is 290 g/mol. The van der Waals surface area contributed by atoms with Gasteiger partial charge in [-0.1, -0.05) is 12.8 Å². The number of carbonyl (C=O) groups is 1. The summed E-state index contributed by atoms with van der Waals surface area (Å²) in [6.07, 6.45) is 4.73. The number of nitrogens with one attached hydrogen (secondary N) is 1. The molecule has 21 heavy (non-hydrogen) atoms. The highest BCUT2D eigenvalue weighted by atomic mass is 16.5. The Labute approximate surface area is 127 Å². The van der Waals surface area contributed by atoms with Crippen LogP contribution < -0.4 is 10.1 Å². The van der Waals surface area contributed by atoms with E-state index in [1.807, 2.05) is 36.9 Å². The molecule has 4 nitrogen and oxygen atoms in total. The second-order valence-corrected chi connectivity index (χ2v) is 5.79. The zero-order valence-corrected chi connectivity index (χ0v) is 13.3. The Balaban J connectivity index is 1.98. The maximum absolute atomic E-state index is 12.5. The lowest BCUT2D eigenvalue weighted by Crippen LogP contribution is -2.41. The van der Waals surface area contributed by atoms with Gasteiger partial charge in [0.25, 0.3) is 0 Å². The number of ether oxygens (including phenoxy) is 1. The molecule has 1 aliphatic rings. The second kappa shape index (κ2) is 7.34. The molecular formula is C17H26N2O2. The number of hydrogen-bond acceptors (Lipinski definition) is 3. The number of likely N-dealkylation sites (tertiary alicyclic amines) is 1. The molecule has 1 saturated heterocycles. The van der Waals surface area contributed by atoms with Crippen LogP contribution in [0.25, 0.3) is 0 Å². The van der Waals surface area contributed by atoms with Crippen LogP contribution in [0.2, 0.25) is 0 Å². The molecule has 0 aromatic heterocycles. The maximum atomic E-state index is 12.5. The molecule has 4 heteroatoms. The van der Waals surface area contributed by atoms with Gasteiger partial charge in [0.05, 0.1) is 7.11 Å². The minimum Gasteiger partial charge on any atom is -0.496 e. The van der Waals surface area contributed by atoms with Gasteiger partial charge in [-0.15, -0.1) is 0 Å². The van der Waals surface area contributed by atoms with Gasteiger partial charge in [-0.05, 0) is 50.5 Å². The van der Waals surface area contributed by atoms with Crippen LogP contribution in [-0.2, 0) is 4.79 Å². The summed E-state index contributed by atoms with van der Waals surface area (Å²) < 4.78 is 5.26. The molecule has 1 fully saturated rings. The highest BCUT2D eigenvalue weighted by molar-refractivity contribution is 5.84. The van der Waals surface area contributed by atoms with Crippen LogP contribution >= 0.6 is 0 Å². The number of benzene rings is 1. The van der Waals surface area contributed by atoms with E-state index in [-0.39, 0.29) is 11.9 Å². The predicted molar refractivity (Wildman–Crippen MR) is 85.9 cm³/mol. The number of methoxy groups -OCH3 is 1. The van der Waals surface area contributed by atoms with Crippen LogP contribution in [0.4, 0.5) is 5.69 Å². The lowest BCUT2D eigenvalue weighted by atomic mass is 10.1. The first-order chi connectivity index (χ1) is 10.1. The van der Waals surface area contributed by atoms with Gasteiger partial charge in [-0.2, -0.15) is 0 Å². The van der Waals surface area contributed by atoms with Gasteiger partial charge in [0, 0.05) is 18.8 Å². The van der Waals surface area contributed by atoms with E-state index in [1.165, 1.54) is 12.8 Å². The number of carbonyl (C=O) groups excluding carboxylic acids is 1. The molecule has 1 amide bonds. The molecule has 0 bridgehead atoms. The molecule has 0 spiro atoms. The average Bonchev–Trinajstić information content (AvgIpc) is 2.75. The van der Waals surface area contributed by atoms with Crippen LogP contribution in [0, 0.1) is 6.92 Å². The highest BCUT2D eigenvalue weighted by Gasteiger charge is 2.21. The molecule has 0 aliphatic carbocycles. The van der Waals surface area contributed by atoms with Crippen molar-refractivity contribution < 1.29 is 9.53 Å². The fraction of sp³-hybridized carbons (Fsp3) is 0.588. The number of amides is 1. The van der Waals surface area contributed by atoms with Crippen molar-refractivity contribution in [1.29, 1.82) is 0 Å². The largest absolute Gasteiger partial charge is 0.496 e. The zero-order valence-electron chi connectivity index (χ0n) is 13.3. The van der Waals surface area contributed by atoms with Crippen LogP contribution in [0.1, 0.15) is 38.2 Å². The van der Waals surface area contributed by atoms with Crippen molar-refractivity contribution in [2.24, 2.45) is 0 Å². The highest BCUT2D eigenvalue weighted by Crippen LogP contribution is 2.22. The summed E-state index contributed by atoms with van der Waals surface area (Å²) >= 11 is 0. The molecule has 1 aromatic carbocycles. The SMILES string of the molecule is COc1ccc(NC(C)C(=O)N2CCCCCC2)cc1C. The summed E-state index contributed by atoms with van der Waals surface area (Å²) in [4.78, 5) is 14.5. The van der Waals surface area contributed by atoms with Gasteiger partial charge >= 0.3 is 0 Å². The third kappa shape index (κ3) is 4.13. The van der Waals surface area contributed by atoms with Gasteiger partial charge < -0.3 is 15.0 Å². The van der Waals surface area contributed by atoms with Crippen molar-refractivity contribution in [1.82, 2.24) is 4.90 Å². The standard InChI is InChI=1S/C17H26N2O2/c1-13-12-15(8-9-16(13)21-3)18-14(2)17(20)19-10-6-4-5-7-11-19/h8-9,12,14,18H,4-7,10-11H2,1-3H3. The minimum absolute atomic E-state index is 0.198. The quantitative estimate of drug-likeness (QED) is 0.926. The summed E-state index contributed by atoms with van der Waals surface area (Å²) in [7, 11) is 1.67. The van der Waals surface area contributed by atoms with Crippen molar-refractivity contribution in [3.05, 3.63) is 23.8 Å². The Morgan fingerprint density at radius 2 is 1.90 bits per heavy atom. The molecule has 0 saturated carbocycles. The maximum Gasteiger partial charge on any atom is 0.244 e. The van der Waals surface area contributed by atoms with E-state index in [9.17, 15) is 4.79 Å². The number of nitrogens with zero attached hydrogens (tertiary/aromatic N) is 1. The Hall–Kier alpha value is -1.71. The van der Waals surface area contributed by atoms with Crippen molar-refractivity contribution in [2.75, 3.05) is 25.5 Å². The molecule has 1 heterocycles. The molecule has 1 aliphatic heterocycles. The smallest absolute Gasteiger partial charge is 0.244 e. The number of rotatable bonds is 4. The second-order valence-electron chi connectivity index (χ2n) is 5.79. The Bertz CT molecular complexity index is 480. The van der Waals surface area contributed by atoms with Crippen LogP contribution in [0.5, 0.6) is 5.75 Å². The fourth-order valence-electron chi connectivity index (χ4n) is 2.84. The first-order valence-electron chi connectivity index (χ1n) is 7.82. The van der Waals surface area contributed by atoms with Crippen LogP contribution in [-0.4, -0.2) is 37.0 Å². The van der Waals surface area contributed by atoms with Gasteiger partial charge in [-0.3, -0.25) is 4.79 Å². The van der Waals surface area contributed by atoms with Crippen molar-refractivity contribution >= 4 is 11.6 Å². The summed E-state index contributed by atoms with van der Waals surface area (Å²) in [6.45, 7) is 5.73. The van der Waals surface area contributed by atoms with Gasteiger partial charge in [0.1, 0.15) is 11.8 Å². The number of anilines is 1. The monoisotopic (exact) mass is 290 g/mol. The van der Waals surface area contributed by atoms with E-state index >= 15 is 0 Å². The topological polar surface area (TPSA) is 41.6 Å². The van der Waals surface area contributed by atoms with Gasteiger partial charge in [0.15, 0.2) is 0 Å². The first kappa shape index (κ1) is 15.7.